The average Bonchev–Trinajstić information content (AvgIpc) is 1.65. The van der Waals surface area contributed by atoms with E-state index in [9.17, 15) is 4.55 Å². The van der Waals surface area contributed by atoms with Crippen LogP contribution in [-0.2, 0) is 11.2 Å². The molecule has 0 amide bonds. The molecule has 0 spiro atoms. The van der Waals surface area contributed by atoms with Crippen molar-refractivity contribution in [3.63, 3.8) is 0 Å². The first-order chi connectivity index (χ1) is 2.81. The molecular formula is C2H6O2S2. The second-order valence-corrected chi connectivity index (χ2v) is 2.87. The zero-order chi connectivity index (χ0) is 4.99. The lowest BCUT2D eigenvalue weighted by Gasteiger charge is -1.99. The first-order valence-electron chi connectivity index (χ1n) is 1.38. The number of rotatable bonds is 2. The fourth-order valence-corrected chi connectivity index (χ4v) is 0.367. The molecule has 0 aliphatic heterocycles. The topological polar surface area (TPSA) is 43.3 Å². The van der Waals surface area contributed by atoms with Gasteiger partial charge in [0.15, 0.2) is 5.08 Å². The van der Waals surface area contributed by atoms with Gasteiger partial charge in [0.05, 0.1) is 0 Å². The molecule has 0 radical (unpaired) electrons. The van der Waals surface area contributed by atoms with Crippen molar-refractivity contribution in [1.82, 2.24) is 0 Å². The summed E-state index contributed by atoms with van der Waals surface area (Å²) in [5.74, 6) is -0.274. The molecule has 0 aromatic heterocycles. The molecule has 0 aliphatic carbocycles. The molecule has 0 fully saturated rings. The quantitative estimate of drug-likeness (QED) is 0.389. The Hall–Kier alpha value is 0.620. The normalized spacial score (nSPS) is 14.5. The summed E-state index contributed by atoms with van der Waals surface area (Å²) in [6.07, 6.45) is 0. The molecule has 0 aromatic carbocycles. The van der Waals surface area contributed by atoms with Crippen LogP contribution in [-0.4, -0.2) is 20.7 Å². The Morgan fingerprint density at radius 2 is 2.33 bits per heavy atom. The summed E-state index contributed by atoms with van der Waals surface area (Å²) < 4.78 is 9.97. The number of hydrogen-bond donors (Lipinski definition) is 2. The third kappa shape index (κ3) is 2.84. The predicted molar refractivity (Wildman–Crippen MR) is 29.1 cm³/mol. The average molecular weight is 126 g/mol. The maximum absolute atomic E-state index is 9.97. The minimum absolute atomic E-state index is 0.247. The van der Waals surface area contributed by atoms with Gasteiger partial charge in [-0.05, 0) is 11.2 Å². The minimum atomic E-state index is -1.11. The van der Waals surface area contributed by atoms with E-state index in [0.717, 1.165) is 0 Å². The molecule has 6 heavy (non-hydrogen) atoms. The predicted octanol–water partition coefficient (Wildman–Crippen LogP) is -0.428. The highest BCUT2D eigenvalue weighted by atomic mass is 32.2. The lowest BCUT2D eigenvalue weighted by Crippen LogP contribution is -2.05. The van der Waals surface area contributed by atoms with Gasteiger partial charge in [0.25, 0.3) is 0 Å². The summed E-state index contributed by atoms with van der Waals surface area (Å²) in [6, 6.07) is 0. The SMILES string of the molecule is [O-][S+](CO)CS. The lowest BCUT2D eigenvalue weighted by atomic mass is 11.7. The standard InChI is InChI=1S/C2H6O2S2/c3-1-6(4)2-5/h3,5H,1-2H2. The van der Waals surface area contributed by atoms with Gasteiger partial charge in [-0.1, -0.05) is 0 Å². The summed E-state index contributed by atoms with van der Waals surface area (Å²) in [7, 11) is 0. The summed E-state index contributed by atoms with van der Waals surface area (Å²) in [5, 5.41) is 8.23. The number of hydrogen-bond acceptors (Lipinski definition) is 3. The van der Waals surface area contributed by atoms with Gasteiger partial charge >= 0.3 is 0 Å². The monoisotopic (exact) mass is 126 g/mol. The highest BCUT2D eigenvalue weighted by Crippen LogP contribution is 1.87. The van der Waals surface area contributed by atoms with Gasteiger partial charge in [-0.25, -0.2) is 0 Å². The first kappa shape index (κ1) is 6.62. The van der Waals surface area contributed by atoms with Crippen LogP contribution in [0.3, 0.4) is 0 Å². The fourth-order valence-electron chi connectivity index (χ4n) is 0.0408. The molecule has 0 saturated carbocycles. The molecule has 2 nitrogen and oxygen atoms in total. The van der Waals surface area contributed by atoms with E-state index in [1.165, 1.54) is 0 Å². The molecule has 0 rings (SSSR count). The lowest BCUT2D eigenvalue weighted by molar-refractivity contribution is 0.359. The van der Waals surface area contributed by atoms with Crippen LogP contribution in [0, 0.1) is 0 Å². The zero-order valence-electron chi connectivity index (χ0n) is 3.13. The van der Waals surface area contributed by atoms with E-state index in [1.54, 1.807) is 0 Å². The van der Waals surface area contributed by atoms with Gasteiger partial charge in [0, 0.05) is 0 Å². The Labute approximate surface area is 45.1 Å². The molecule has 38 valence electrons. The molecule has 4 heteroatoms. The zero-order valence-corrected chi connectivity index (χ0v) is 4.84. The highest BCUT2D eigenvalue weighted by molar-refractivity contribution is 8.03. The maximum atomic E-state index is 9.97. The second kappa shape index (κ2) is 3.80. The van der Waals surface area contributed by atoms with E-state index in [4.69, 9.17) is 5.11 Å². The molecule has 1 N–H and O–H groups in total. The fraction of sp³-hybridized carbons (Fsp3) is 1.00. The molecule has 0 aromatic rings. The van der Waals surface area contributed by atoms with Crippen LogP contribution in [0.1, 0.15) is 0 Å². The number of aliphatic hydroxyl groups is 1. The Balaban J connectivity index is 2.75. The Kier molecular flexibility index (Phi) is 4.19. The first-order valence-corrected chi connectivity index (χ1v) is 3.50. The van der Waals surface area contributed by atoms with Gasteiger partial charge in [-0.15, -0.1) is 12.6 Å². The molecule has 0 aliphatic rings. The summed E-state index contributed by atoms with van der Waals surface area (Å²) >= 11 is 2.52. The molecule has 1 atom stereocenters. The van der Waals surface area contributed by atoms with Gasteiger partial charge in [-0.3, -0.25) is 0 Å². The van der Waals surface area contributed by atoms with Crippen molar-refractivity contribution >= 4 is 23.8 Å². The van der Waals surface area contributed by atoms with Crippen LogP contribution < -0.4 is 0 Å². The number of aliphatic hydroxyl groups excluding tert-OH is 1. The van der Waals surface area contributed by atoms with Crippen molar-refractivity contribution in [2.24, 2.45) is 0 Å². The van der Waals surface area contributed by atoms with E-state index in [1.807, 2.05) is 0 Å². The minimum Gasteiger partial charge on any atom is -0.614 e. The number of thiol groups is 1. The van der Waals surface area contributed by atoms with Crippen molar-refractivity contribution < 1.29 is 9.66 Å². The van der Waals surface area contributed by atoms with Gasteiger partial charge in [0.2, 0.25) is 5.94 Å². The summed E-state index contributed by atoms with van der Waals surface area (Å²) in [5.41, 5.74) is 0. The van der Waals surface area contributed by atoms with Crippen LogP contribution in [0.15, 0.2) is 0 Å². The van der Waals surface area contributed by atoms with E-state index in [-0.39, 0.29) is 11.0 Å². The molecule has 0 heterocycles. The Morgan fingerprint density at radius 3 is 2.33 bits per heavy atom. The van der Waals surface area contributed by atoms with Crippen molar-refractivity contribution in [3.8, 4) is 0 Å². The van der Waals surface area contributed by atoms with E-state index >= 15 is 0 Å². The molecular weight excluding hydrogens is 120 g/mol. The van der Waals surface area contributed by atoms with Crippen LogP contribution in [0.25, 0.3) is 0 Å². The van der Waals surface area contributed by atoms with E-state index < -0.39 is 11.2 Å². The van der Waals surface area contributed by atoms with Crippen molar-refractivity contribution in [1.29, 1.82) is 0 Å². The van der Waals surface area contributed by atoms with Crippen LogP contribution in [0.2, 0.25) is 0 Å². The Morgan fingerprint density at radius 1 is 1.83 bits per heavy atom. The summed E-state index contributed by atoms with van der Waals surface area (Å²) in [6.45, 7) is 0. The highest BCUT2D eigenvalue weighted by Gasteiger charge is 1.93. The van der Waals surface area contributed by atoms with Gasteiger partial charge in [0.1, 0.15) is 0 Å². The smallest absolute Gasteiger partial charge is 0.203 e. The maximum Gasteiger partial charge on any atom is 0.203 e. The van der Waals surface area contributed by atoms with Crippen molar-refractivity contribution in [2.75, 3.05) is 11.0 Å². The molecule has 0 saturated heterocycles. The van der Waals surface area contributed by atoms with E-state index in [0.29, 0.717) is 0 Å². The third-order valence-electron chi connectivity index (χ3n) is 0.288. The van der Waals surface area contributed by atoms with E-state index in [2.05, 4.69) is 12.6 Å². The van der Waals surface area contributed by atoms with Crippen LogP contribution in [0.5, 0.6) is 0 Å². The Bertz CT molecular complexity index is 28.7. The molecule has 1 unspecified atom stereocenters. The molecule has 0 bridgehead atoms. The largest absolute Gasteiger partial charge is 0.614 e. The van der Waals surface area contributed by atoms with Crippen molar-refractivity contribution in [2.45, 2.75) is 0 Å². The second-order valence-electron chi connectivity index (χ2n) is 0.698. The van der Waals surface area contributed by atoms with Crippen LogP contribution >= 0.6 is 12.6 Å². The van der Waals surface area contributed by atoms with Gasteiger partial charge in [-0.2, -0.15) is 0 Å². The van der Waals surface area contributed by atoms with Crippen LogP contribution in [0.4, 0.5) is 0 Å². The van der Waals surface area contributed by atoms with Crippen molar-refractivity contribution in [3.05, 3.63) is 0 Å². The third-order valence-corrected chi connectivity index (χ3v) is 1.73. The van der Waals surface area contributed by atoms with Gasteiger partial charge < -0.3 is 9.66 Å². The summed E-state index contributed by atoms with van der Waals surface area (Å²) in [4.78, 5) is 0.